The summed E-state index contributed by atoms with van der Waals surface area (Å²) >= 11 is 0. The van der Waals surface area contributed by atoms with Gasteiger partial charge in [-0.25, -0.2) is 17.5 Å². The number of unbranched alkanes of at least 4 members (excludes halogenated alkanes) is 1. The first-order valence-electron chi connectivity index (χ1n) is 6.90. The van der Waals surface area contributed by atoms with Gasteiger partial charge in [0.05, 0.1) is 5.75 Å². The largest absolute Gasteiger partial charge is 0.324 e. The number of carbonyl (C=O) groups is 2. The number of nitrogens with one attached hydrogen (secondary N) is 1. The molecular weight excluding hydrogens is 282 g/mol. The van der Waals surface area contributed by atoms with Crippen molar-refractivity contribution in [2.45, 2.75) is 38.1 Å². The number of carbonyl (C=O) groups excluding carboxylic acids is 2. The standard InChI is InChI=1S/C12H21N3O4S/c1-3-4-9-20(18,19)15-7-5-12(6-8-15)10(16)13-11(17)14(12)2/h3-9H2,1-2H3,(H,13,16,17). The molecule has 2 rings (SSSR count). The van der Waals surface area contributed by atoms with E-state index in [4.69, 9.17) is 0 Å². The van der Waals surface area contributed by atoms with Gasteiger partial charge in [0.15, 0.2) is 0 Å². The molecule has 0 saturated carbocycles. The molecule has 1 spiro atoms. The van der Waals surface area contributed by atoms with E-state index in [2.05, 4.69) is 5.32 Å². The van der Waals surface area contributed by atoms with Crippen LogP contribution in [0.3, 0.4) is 0 Å². The second-order valence-corrected chi connectivity index (χ2v) is 7.51. The Morgan fingerprint density at radius 2 is 1.85 bits per heavy atom. The molecule has 2 aliphatic heterocycles. The van der Waals surface area contributed by atoms with Crippen LogP contribution in [-0.4, -0.2) is 61.0 Å². The Hall–Kier alpha value is -1.15. The Morgan fingerprint density at radius 3 is 2.30 bits per heavy atom. The van der Waals surface area contributed by atoms with Crippen molar-refractivity contribution in [1.82, 2.24) is 14.5 Å². The maximum atomic E-state index is 12.1. The van der Waals surface area contributed by atoms with Crippen molar-refractivity contribution in [2.24, 2.45) is 0 Å². The molecule has 0 atom stereocenters. The zero-order valence-corrected chi connectivity index (χ0v) is 12.7. The average Bonchev–Trinajstić information content (AvgIpc) is 2.62. The quantitative estimate of drug-likeness (QED) is 0.748. The van der Waals surface area contributed by atoms with Crippen molar-refractivity contribution in [1.29, 1.82) is 0 Å². The molecule has 0 unspecified atom stereocenters. The highest BCUT2D eigenvalue weighted by Gasteiger charge is 2.53. The lowest BCUT2D eigenvalue weighted by Gasteiger charge is -2.40. The van der Waals surface area contributed by atoms with Gasteiger partial charge in [0.25, 0.3) is 5.91 Å². The highest BCUT2D eigenvalue weighted by molar-refractivity contribution is 7.89. The molecule has 0 aromatic carbocycles. The topological polar surface area (TPSA) is 86.8 Å². The van der Waals surface area contributed by atoms with E-state index in [1.165, 1.54) is 9.21 Å². The highest BCUT2D eigenvalue weighted by atomic mass is 32.2. The van der Waals surface area contributed by atoms with E-state index in [0.29, 0.717) is 19.3 Å². The second-order valence-electron chi connectivity index (χ2n) is 5.42. The second kappa shape index (κ2) is 5.33. The van der Waals surface area contributed by atoms with Crippen molar-refractivity contribution < 1.29 is 18.0 Å². The van der Waals surface area contributed by atoms with Crippen molar-refractivity contribution in [3.05, 3.63) is 0 Å². The number of urea groups is 1. The number of rotatable bonds is 4. The normalized spacial score (nSPS) is 23.4. The summed E-state index contributed by atoms with van der Waals surface area (Å²) in [4.78, 5) is 24.9. The van der Waals surface area contributed by atoms with Crippen molar-refractivity contribution >= 4 is 22.0 Å². The number of hydrogen-bond donors (Lipinski definition) is 1. The monoisotopic (exact) mass is 303 g/mol. The fourth-order valence-electron chi connectivity index (χ4n) is 2.80. The average molecular weight is 303 g/mol. The van der Waals surface area contributed by atoms with Crippen LogP contribution >= 0.6 is 0 Å². The maximum absolute atomic E-state index is 12.1. The summed E-state index contributed by atoms with van der Waals surface area (Å²) in [5, 5.41) is 2.30. The maximum Gasteiger partial charge on any atom is 0.324 e. The van der Waals surface area contributed by atoms with E-state index < -0.39 is 21.6 Å². The fraction of sp³-hybridized carbons (Fsp3) is 0.833. The number of nitrogens with zero attached hydrogens (tertiary/aromatic N) is 2. The Kier molecular flexibility index (Phi) is 4.06. The molecule has 20 heavy (non-hydrogen) atoms. The number of imide groups is 1. The Bertz CT molecular complexity index is 509. The summed E-state index contributed by atoms with van der Waals surface area (Å²) in [6, 6.07) is -0.405. The molecule has 3 amide bonds. The molecule has 114 valence electrons. The highest BCUT2D eigenvalue weighted by Crippen LogP contribution is 2.32. The number of likely N-dealkylation sites (N-methyl/N-ethyl adjacent to an activating group) is 1. The first kappa shape index (κ1) is 15.2. The number of hydrogen-bond acceptors (Lipinski definition) is 4. The minimum atomic E-state index is -3.24. The van der Waals surface area contributed by atoms with Gasteiger partial charge >= 0.3 is 6.03 Å². The van der Waals surface area contributed by atoms with E-state index in [-0.39, 0.29) is 24.7 Å². The summed E-state index contributed by atoms with van der Waals surface area (Å²) in [5.74, 6) is -0.159. The Labute approximate surface area is 119 Å². The molecule has 2 fully saturated rings. The third-order valence-corrected chi connectivity index (χ3v) is 6.25. The molecular formula is C12H21N3O4S. The van der Waals surface area contributed by atoms with E-state index in [1.807, 2.05) is 6.92 Å². The van der Waals surface area contributed by atoms with Gasteiger partial charge in [0, 0.05) is 20.1 Å². The van der Waals surface area contributed by atoms with E-state index in [9.17, 15) is 18.0 Å². The van der Waals surface area contributed by atoms with Crippen molar-refractivity contribution in [3.8, 4) is 0 Å². The van der Waals surface area contributed by atoms with Crippen LogP contribution in [0.1, 0.15) is 32.6 Å². The molecule has 2 saturated heterocycles. The first-order chi connectivity index (χ1) is 9.33. The molecule has 0 bridgehead atoms. The van der Waals surface area contributed by atoms with Gasteiger partial charge in [0.2, 0.25) is 10.0 Å². The molecule has 2 heterocycles. The molecule has 0 radical (unpaired) electrons. The zero-order chi connectivity index (χ0) is 15.0. The van der Waals surface area contributed by atoms with Crippen LogP contribution in [0.2, 0.25) is 0 Å². The van der Waals surface area contributed by atoms with E-state index in [0.717, 1.165) is 6.42 Å². The van der Waals surface area contributed by atoms with Gasteiger partial charge in [-0.2, -0.15) is 0 Å². The minimum Gasteiger partial charge on any atom is -0.313 e. The van der Waals surface area contributed by atoms with Crippen LogP contribution in [0.5, 0.6) is 0 Å². The first-order valence-corrected chi connectivity index (χ1v) is 8.51. The van der Waals surface area contributed by atoms with Gasteiger partial charge in [-0.15, -0.1) is 0 Å². The number of piperidine rings is 1. The molecule has 2 aliphatic rings. The van der Waals surface area contributed by atoms with Gasteiger partial charge in [-0.1, -0.05) is 13.3 Å². The molecule has 8 heteroatoms. The Morgan fingerprint density at radius 1 is 1.25 bits per heavy atom. The van der Waals surface area contributed by atoms with Gasteiger partial charge in [0.1, 0.15) is 5.54 Å². The predicted octanol–water partition coefficient (Wildman–Crippen LogP) is 0.133. The predicted molar refractivity (Wildman–Crippen MR) is 73.5 cm³/mol. The number of sulfonamides is 1. The molecule has 0 aromatic heterocycles. The van der Waals surface area contributed by atoms with Crippen LogP contribution in [0.15, 0.2) is 0 Å². The van der Waals surface area contributed by atoms with Crippen LogP contribution in [0, 0.1) is 0 Å². The van der Waals surface area contributed by atoms with E-state index in [1.54, 1.807) is 7.05 Å². The van der Waals surface area contributed by atoms with Gasteiger partial charge in [-0.05, 0) is 19.3 Å². The summed E-state index contributed by atoms with van der Waals surface area (Å²) in [5.41, 5.74) is -0.867. The molecule has 1 N–H and O–H groups in total. The zero-order valence-electron chi connectivity index (χ0n) is 11.9. The number of amides is 3. The summed E-state index contributed by atoms with van der Waals surface area (Å²) in [6.45, 7) is 2.53. The van der Waals surface area contributed by atoms with Crippen molar-refractivity contribution in [2.75, 3.05) is 25.9 Å². The third kappa shape index (κ3) is 2.42. The van der Waals surface area contributed by atoms with Crippen molar-refractivity contribution in [3.63, 3.8) is 0 Å². The third-order valence-electron chi connectivity index (χ3n) is 4.29. The van der Waals surface area contributed by atoms with Gasteiger partial charge in [-0.3, -0.25) is 10.1 Å². The lowest BCUT2D eigenvalue weighted by atomic mass is 9.87. The molecule has 0 aromatic rings. The lowest BCUT2D eigenvalue weighted by Crippen LogP contribution is -2.56. The summed E-state index contributed by atoms with van der Waals surface area (Å²) < 4.78 is 25.7. The molecule has 0 aliphatic carbocycles. The molecule has 7 nitrogen and oxygen atoms in total. The van der Waals surface area contributed by atoms with Crippen LogP contribution in [0.25, 0.3) is 0 Å². The summed E-state index contributed by atoms with van der Waals surface area (Å²) in [6.07, 6.45) is 2.18. The van der Waals surface area contributed by atoms with E-state index >= 15 is 0 Å². The smallest absolute Gasteiger partial charge is 0.313 e. The SMILES string of the molecule is CCCCS(=O)(=O)N1CCC2(CC1)C(=O)NC(=O)N2C. The fourth-order valence-corrected chi connectivity index (χ4v) is 4.45. The Balaban J connectivity index is 2.06. The lowest BCUT2D eigenvalue weighted by molar-refractivity contribution is -0.128. The van der Waals surface area contributed by atoms with Crippen LogP contribution in [-0.2, 0) is 14.8 Å². The summed E-state index contributed by atoms with van der Waals surface area (Å²) in [7, 11) is -1.66. The van der Waals surface area contributed by atoms with Crippen LogP contribution in [0.4, 0.5) is 4.79 Å². The van der Waals surface area contributed by atoms with Gasteiger partial charge < -0.3 is 4.90 Å². The van der Waals surface area contributed by atoms with Crippen LogP contribution < -0.4 is 5.32 Å². The minimum absolute atomic E-state index is 0.150.